The summed E-state index contributed by atoms with van der Waals surface area (Å²) < 4.78 is 7.66. The van der Waals surface area contributed by atoms with Gasteiger partial charge in [-0.1, -0.05) is 48.5 Å². The third-order valence-electron chi connectivity index (χ3n) is 5.84. The summed E-state index contributed by atoms with van der Waals surface area (Å²) in [7, 11) is 2.58. The van der Waals surface area contributed by atoms with Gasteiger partial charge in [-0.15, -0.1) is 0 Å². The van der Waals surface area contributed by atoms with Gasteiger partial charge >= 0.3 is 5.97 Å². The standard InChI is InChI=1S/C18H38N2O2Si/c1-12(2)16-18(13(3)4,14(5)6)20(23)10-9-19(16)11-15(7)17(21)22-8/h12-16H,9-11H2,1-8,23H3. The molecule has 0 bridgehead atoms. The first-order valence-corrected chi connectivity index (χ1v) is 10.0. The zero-order chi connectivity index (χ0) is 17.9. The van der Waals surface area contributed by atoms with E-state index in [1.54, 1.807) is 0 Å². The fraction of sp³-hybridized carbons (Fsp3) is 0.944. The molecule has 2 atom stereocenters. The molecule has 0 saturated carbocycles. The molecule has 0 spiro atoms. The fourth-order valence-electron chi connectivity index (χ4n) is 5.15. The normalized spacial score (nSPS) is 24.6. The largest absolute Gasteiger partial charge is 0.469 e. The highest BCUT2D eigenvalue weighted by Gasteiger charge is 2.52. The Kier molecular flexibility index (Phi) is 7.29. The Morgan fingerprint density at radius 2 is 1.65 bits per heavy atom. The van der Waals surface area contributed by atoms with Crippen LogP contribution in [-0.2, 0) is 9.53 Å². The maximum atomic E-state index is 11.9. The first-order valence-electron chi connectivity index (χ1n) is 9.13. The molecule has 1 aliphatic heterocycles. The van der Waals surface area contributed by atoms with Crippen LogP contribution in [0.1, 0.15) is 48.5 Å². The van der Waals surface area contributed by atoms with Crippen LogP contribution in [0.2, 0.25) is 0 Å². The van der Waals surface area contributed by atoms with Gasteiger partial charge in [-0.2, -0.15) is 0 Å². The van der Waals surface area contributed by atoms with E-state index in [9.17, 15) is 4.79 Å². The molecule has 0 aromatic rings. The van der Waals surface area contributed by atoms with Crippen LogP contribution in [0.15, 0.2) is 0 Å². The molecule has 0 aromatic heterocycles. The second-order valence-corrected chi connectivity index (χ2v) is 9.31. The lowest BCUT2D eigenvalue weighted by atomic mass is 9.66. The van der Waals surface area contributed by atoms with Gasteiger partial charge in [0.2, 0.25) is 0 Å². The van der Waals surface area contributed by atoms with E-state index in [2.05, 4.69) is 51.0 Å². The van der Waals surface area contributed by atoms with Crippen LogP contribution in [0.25, 0.3) is 0 Å². The first-order chi connectivity index (χ1) is 10.6. The molecule has 1 aliphatic rings. The lowest BCUT2D eigenvalue weighted by molar-refractivity contribution is -0.147. The molecule has 0 radical (unpaired) electrons. The molecule has 1 heterocycles. The number of hydrogen-bond acceptors (Lipinski definition) is 4. The second kappa shape index (κ2) is 8.12. The highest BCUT2D eigenvalue weighted by molar-refractivity contribution is 6.05. The molecule has 5 heteroatoms. The van der Waals surface area contributed by atoms with Crippen molar-refractivity contribution in [3.8, 4) is 0 Å². The quantitative estimate of drug-likeness (QED) is 0.544. The molecule has 1 fully saturated rings. The number of ether oxygens (including phenoxy) is 1. The highest BCUT2D eigenvalue weighted by Crippen LogP contribution is 2.43. The lowest BCUT2D eigenvalue weighted by Crippen LogP contribution is -2.73. The van der Waals surface area contributed by atoms with Gasteiger partial charge in [-0.3, -0.25) is 9.69 Å². The van der Waals surface area contributed by atoms with E-state index in [0.29, 0.717) is 23.8 Å². The summed E-state index contributed by atoms with van der Waals surface area (Å²) in [6.07, 6.45) is 0. The van der Waals surface area contributed by atoms with Crippen molar-refractivity contribution in [1.82, 2.24) is 9.47 Å². The lowest BCUT2D eigenvalue weighted by Gasteiger charge is -2.62. The Labute approximate surface area is 146 Å². The molecule has 0 amide bonds. The third-order valence-corrected chi connectivity index (χ3v) is 7.07. The Morgan fingerprint density at radius 3 is 2.04 bits per heavy atom. The number of carbonyl (C=O) groups excluding carboxylic acids is 1. The molecule has 1 rings (SSSR count). The van der Waals surface area contributed by atoms with Crippen LogP contribution in [0.3, 0.4) is 0 Å². The molecule has 2 unspecified atom stereocenters. The average molecular weight is 343 g/mol. The van der Waals surface area contributed by atoms with E-state index in [-0.39, 0.29) is 17.4 Å². The van der Waals surface area contributed by atoms with Crippen molar-refractivity contribution < 1.29 is 9.53 Å². The third kappa shape index (κ3) is 3.82. The average Bonchev–Trinajstić information content (AvgIpc) is 2.46. The number of rotatable bonds is 6. The van der Waals surface area contributed by atoms with Gasteiger partial charge < -0.3 is 9.30 Å². The molecule has 23 heavy (non-hydrogen) atoms. The topological polar surface area (TPSA) is 32.8 Å². The molecule has 0 aromatic carbocycles. The minimum absolute atomic E-state index is 0.0704. The number of hydrogen-bond donors (Lipinski definition) is 0. The van der Waals surface area contributed by atoms with Crippen LogP contribution in [-0.4, -0.2) is 64.2 Å². The second-order valence-electron chi connectivity index (χ2n) is 8.23. The minimum atomic E-state index is -0.0968. The van der Waals surface area contributed by atoms with Gasteiger partial charge in [0.25, 0.3) is 0 Å². The summed E-state index contributed by atoms with van der Waals surface area (Å²) in [5, 5.41) is 0. The molecule has 0 aliphatic carbocycles. The molecule has 1 saturated heterocycles. The number of nitrogens with zero attached hydrogens (tertiary/aromatic N) is 2. The van der Waals surface area contributed by atoms with Gasteiger partial charge in [0, 0.05) is 31.2 Å². The van der Waals surface area contributed by atoms with Gasteiger partial charge in [0.05, 0.1) is 23.4 Å². The first kappa shape index (κ1) is 20.7. The molecule has 4 nitrogen and oxygen atoms in total. The molecular formula is C18H38N2O2Si. The van der Waals surface area contributed by atoms with Crippen molar-refractivity contribution in [1.29, 1.82) is 0 Å². The number of methoxy groups -OCH3 is 1. The smallest absolute Gasteiger partial charge is 0.309 e. The predicted octanol–water partition coefficient (Wildman–Crippen LogP) is 1.77. The van der Waals surface area contributed by atoms with Crippen molar-refractivity contribution >= 4 is 16.4 Å². The van der Waals surface area contributed by atoms with E-state index in [1.807, 2.05) is 6.92 Å². The molecule has 0 N–H and O–H groups in total. The van der Waals surface area contributed by atoms with Crippen LogP contribution in [0.5, 0.6) is 0 Å². The van der Waals surface area contributed by atoms with Gasteiger partial charge in [0.1, 0.15) is 0 Å². The Morgan fingerprint density at radius 1 is 1.13 bits per heavy atom. The van der Waals surface area contributed by atoms with Crippen molar-refractivity contribution in [2.75, 3.05) is 26.7 Å². The SMILES string of the molecule is COC(=O)C(C)CN1CCN([SiH3])C(C(C)C)(C(C)C)C1C(C)C. The van der Waals surface area contributed by atoms with Crippen molar-refractivity contribution in [3.05, 3.63) is 0 Å². The van der Waals surface area contributed by atoms with Gasteiger partial charge in [-0.25, -0.2) is 0 Å². The molecule has 136 valence electrons. The summed E-state index contributed by atoms with van der Waals surface area (Å²) in [6, 6.07) is 0.473. The highest BCUT2D eigenvalue weighted by atomic mass is 28.2. The van der Waals surface area contributed by atoms with Crippen molar-refractivity contribution in [2.24, 2.45) is 23.7 Å². The maximum absolute atomic E-state index is 11.9. The summed E-state index contributed by atoms with van der Waals surface area (Å²) in [6.45, 7) is 19.1. The van der Waals surface area contributed by atoms with Crippen molar-refractivity contribution in [2.45, 2.75) is 60.0 Å². The maximum Gasteiger partial charge on any atom is 0.309 e. The summed E-state index contributed by atoms with van der Waals surface area (Å²) >= 11 is 0. The van der Waals surface area contributed by atoms with Crippen LogP contribution in [0, 0.1) is 23.7 Å². The zero-order valence-electron chi connectivity index (χ0n) is 16.7. The molecular weight excluding hydrogens is 304 g/mol. The van der Waals surface area contributed by atoms with E-state index in [0.717, 1.165) is 30.0 Å². The van der Waals surface area contributed by atoms with Crippen LogP contribution >= 0.6 is 0 Å². The minimum Gasteiger partial charge on any atom is -0.469 e. The van der Waals surface area contributed by atoms with Gasteiger partial charge in [-0.05, 0) is 17.8 Å². The Balaban J connectivity index is 3.21. The van der Waals surface area contributed by atoms with Gasteiger partial charge in [0.15, 0.2) is 0 Å². The van der Waals surface area contributed by atoms with E-state index in [4.69, 9.17) is 4.74 Å². The monoisotopic (exact) mass is 342 g/mol. The predicted molar refractivity (Wildman–Crippen MR) is 100 cm³/mol. The zero-order valence-corrected chi connectivity index (χ0v) is 18.7. The van der Waals surface area contributed by atoms with E-state index >= 15 is 0 Å². The van der Waals surface area contributed by atoms with Crippen LogP contribution in [0.4, 0.5) is 0 Å². The number of piperazine rings is 1. The summed E-state index contributed by atoms with van der Waals surface area (Å²) in [5.74, 6) is 1.56. The van der Waals surface area contributed by atoms with E-state index in [1.165, 1.54) is 7.11 Å². The summed E-state index contributed by atoms with van der Waals surface area (Å²) in [4.78, 5) is 14.5. The fourth-order valence-corrected chi connectivity index (χ4v) is 6.65. The van der Waals surface area contributed by atoms with Crippen molar-refractivity contribution in [3.63, 3.8) is 0 Å². The Bertz CT molecular complexity index is 390. The Hall–Kier alpha value is -0.393. The number of esters is 1. The number of carbonyl (C=O) groups is 1. The summed E-state index contributed by atoms with van der Waals surface area (Å²) in [5.41, 5.74) is 0.189. The van der Waals surface area contributed by atoms with E-state index < -0.39 is 0 Å². The van der Waals surface area contributed by atoms with Crippen LogP contribution < -0.4 is 0 Å².